The molecule has 0 unspecified atom stereocenters. The second-order valence-corrected chi connectivity index (χ2v) is 5.06. The average molecular weight is 302 g/mol. The highest BCUT2D eigenvalue weighted by Gasteiger charge is 2.15. The van der Waals surface area contributed by atoms with E-state index in [4.69, 9.17) is 9.52 Å². The van der Waals surface area contributed by atoms with Crippen LogP contribution in [-0.2, 0) is 17.9 Å². The van der Waals surface area contributed by atoms with Crippen LogP contribution in [0, 0.1) is 6.92 Å². The van der Waals surface area contributed by atoms with E-state index in [1.165, 1.54) is 0 Å². The molecule has 0 aliphatic heterocycles. The number of aryl methyl sites for hydroxylation is 1. The maximum absolute atomic E-state index is 11.6. The summed E-state index contributed by atoms with van der Waals surface area (Å²) in [5, 5.41) is 14.7. The molecular formula is C16H18N2O4. The van der Waals surface area contributed by atoms with Gasteiger partial charge in [-0.2, -0.15) is 0 Å². The zero-order valence-electron chi connectivity index (χ0n) is 12.5. The average Bonchev–Trinajstić information content (AvgIpc) is 2.79. The minimum atomic E-state index is -1.08. The summed E-state index contributed by atoms with van der Waals surface area (Å²) in [4.78, 5) is 22.2. The SMILES string of the molecule is C=C(C)C(=O)NCc1oc2cccc(CNC(=O)O)c2c1C. The highest BCUT2D eigenvalue weighted by Crippen LogP contribution is 2.28. The summed E-state index contributed by atoms with van der Waals surface area (Å²) >= 11 is 0. The molecule has 0 bridgehead atoms. The standard InChI is InChI=1S/C16H18N2O4/c1-9(2)15(19)17-8-13-10(3)14-11(7-18-16(20)21)5-4-6-12(14)22-13/h4-6,18H,1,7-8H2,2-3H3,(H,17,19)(H,20,21). The monoisotopic (exact) mass is 302 g/mol. The van der Waals surface area contributed by atoms with Crippen molar-refractivity contribution in [1.82, 2.24) is 10.6 Å². The van der Waals surface area contributed by atoms with Gasteiger partial charge < -0.3 is 20.2 Å². The highest BCUT2D eigenvalue weighted by atomic mass is 16.4. The second-order valence-electron chi connectivity index (χ2n) is 5.06. The summed E-state index contributed by atoms with van der Waals surface area (Å²) in [6.45, 7) is 7.56. The van der Waals surface area contributed by atoms with Crippen LogP contribution < -0.4 is 10.6 Å². The van der Waals surface area contributed by atoms with E-state index in [2.05, 4.69) is 17.2 Å². The van der Waals surface area contributed by atoms with Crippen LogP contribution in [0.2, 0.25) is 0 Å². The van der Waals surface area contributed by atoms with Crippen molar-refractivity contribution < 1.29 is 19.1 Å². The number of carbonyl (C=O) groups is 2. The zero-order chi connectivity index (χ0) is 16.3. The first kappa shape index (κ1) is 15.6. The lowest BCUT2D eigenvalue weighted by Gasteiger charge is -2.04. The van der Waals surface area contributed by atoms with Gasteiger partial charge in [0.05, 0.1) is 6.54 Å². The van der Waals surface area contributed by atoms with Crippen LogP contribution in [0.15, 0.2) is 34.8 Å². The molecule has 6 heteroatoms. The summed E-state index contributed by atoms with van der Waals surface area (Å²) < 4.78 is 5.76. The Labute approximate surface area is 127 Å². The van der Waals surface area contributed by atoms with Crippen LogP contribution in [0.4, 0.5) is 4.79 Å². The normalized spacial score (nSPS) is 10.5. The van der Waals surface area contributed by atoms with Gasteiger partial charge in [0, 0.05) is 23.1 Å². The van der Waals surface area contributed by atoms with Crippen molar-refractivity contribution in [3.8, 4) is 0 Å². The fraction of sp³-hybridized carbons (Fsp3) is 0.250. The molecular weight excluding hydrogens is 284 g/mol. The van der Waals surface area contributed by atoms with E-state index in [1.807, 2.05) is 19.1 Å². The van der Waals surface area contributed by atoms with Gasteiger partial charge in [0.25, 0.3) is 0 Å². The molecule has 6 nitrogen and oxygen atoms in total. The molecule has 0 spiro atoms. The fourth-order valence-electron chi connectivity index (χ4n) is 2.23. The molecule has 2 amide bonds. The van der Waals surface area contributed by atoms with E-state index in [1.54, 1.807) is 13.0 Å². The van der Waals surface area contributed by atoms with Gasteiger partial charge in [0.2, 0.25) is 5.91 Å². The minimum Gasteiger partial charge on any atom is -0.465 e. The van der Waals surface area contributed by atoms with Gasteiger partial charge >= 0.3 is 6.09 Å². The van der Waals surface area contributed by atoms with E-state index < -0.39 is 6.09 Å². The van der Waals surface area contributed by atoms with Crippen molar-refractivity contribution in [3.05, 3.63) is 47.2 Å². The molecule has 0 saturated carbocycles. The molecule has 0 radical (unpaired) electrons. The van der Waals surface area contributed by atoms with Gasteiger partial charge in [-0.25, -0.2) is 4.79 Å². The van der Waals surface area contributed by atoms with Crippen molar-refractivity contribution in [2.45, 2.75) is 26.9 Å². The number of hydrogen-bond donors (Lipinski definition) is 3. The Morgan fingerprint density at radius 1 is 1.27 bits per heavy atom. The number of rotatable bonds is 5. The third-order valence-electron chi connectivity index (χ3n) is 3.37. The Balaban J connectivity index is 2.28. The first-order valence-corrected chi connectivity index (χ1v) is 6.80. The van der Waals surface area contributed by atoms with E-state index in [-0.39, 0.29) is 19.0 Å². The third kappa shape index (κ3) is 3.28. The number of furan rings is 1. The Morgan fingerprint density at radius 3 is 2.64 bits per heavy atom. The van der Waals surface area contributed by atoms with Gasteiger partial charge in [-0.1, -0.05) is 18.7 Å². The zero-order valence-corrected chi connectivity index (χ0v) is 12.5. The molecule has 0 fully saturated rings. The predicted molar refractivity (Wildman–Crippen MR) is 82.5 cm³/mol. The molecule has 0 saturated heterocycles. The number of nitrogens with one attached hydrogen (secondary N) is 2. The molecule has 2 aromatic rings. The molecule has 1 aromatic heterocycles. The molecule has 22 heavy (non-hydrogen) atoms. The van der Waals surface area contributed by atoms with Crippen LogP contribution in [0.5, 0.6) is 0 Å². The largest absolute Gasteiger partial charge is 0.465 e. The van der Waals surface area contributed by atoms with Crippen LogP contribution in [0.3, 0.4) is 0 Å². The number of fused-ring (bicyclic) bond motifs is 1. The summed E-state index contributed by atoms with van der Waals surface area (Å²) in [6, 6.07) is 5.47. The van der Waals surface area contributed by atoms with Crippen LogP contribution in [0.1, 0.15) is 23.8 Å². The van der Waals surface area contributed by atoms with Crippen molar-refractivity contribution in [3.63, 3.8) is 0 Å². The van der Waals surface area contributed by atoms with Crippen LogP contribution in [-0.4, -0.2) is 17.1 Å². The van der Waals surface area contributed by atoms with E-state index in [0.29, 0.717) is 16.9 Å². The second kappa shape index (κ2) is 6.34. The molecule has 0 aliphatic rings. The fourth-order valence-corrected chi connectivity index (χ4v) is 2.23. The van der Waals surface area contributed by atoms with Gasteiger partial charge in [0.1, 0.15) is 11.3 Å². The number of benzene rings is 1. The van der Waals surface area contributed by atoms with Crippen LogP contribution in [0.25, 0.3) is 11.0 Å². The van der Waals surface area contributed by atoms with Crippen molar-refractivity contribution in [2.24, 2.45) is 0 Å². The van der Waals surface area contributed by atoms with Crippen LogP contribution >= 0.6 is 0 Å². The predicted octanol–water partition coefficient (Wildman–Crippen LogP) is 2.70. The van der Waals surface area contributed by atoms with Gasteiger partial charge in [-0.3, -0.25) is 4.79 Å². The summed E-state index contributed by atoms with van der Waals surface area (Å²) in [5.74, 6) is 0.417. The molecule has 1 aromatic carbocycles. The molecule has 1 heterocycles. The Morgan fingerprint density at radius 2 is 2.00 bits per heavy atom. The number of carboxylic acid groups (broad SMARTS) is 1. The topological polar surface area (TPSA) is 91.6 Å². The Hall–Kier alpha value is -2.76. The van der Waals surface area contributed by atoms with Gasteiger partial charge in [-0.05, 0) is 25.5 Å². The highest BCUT2D eigenvalue weighted by molar-refractivity contribution is 5.92. The van der Waals surface area contributed by atoms with Crippen molar-refractivity contribution in [1.29, 1.82) is 0 Å². The molecule has 0 atom stereocenters. The Kier molecular flexibility index (Phi) is 4.50. The quantitative estimate of drug-likeness (QED) is 0.740. The summed E-state index contributed by atoms with van der Waals surface area (Å²) in [5.41, 5.74) is 2.82. The summed E-state index contributed by atoms with van der Waals surface area (Å²) in [7, 11) is 0. The third-order valence-corrected chi connectivity index (χ3v) is 3.37. The molecule has 3 N–H and O–H groups in total. The van der Waals surface area contributed by atoms with E-state index in [9.17, 15) is 9.59 Å². The molecule has 0 aliphatic carbocycles. The maximum Gasteiger partial charge on any atom is 0.404 e. The number of hydrogen-bond acceptors (Lipinski definition) is 3. The van der Waals surface area contributed by atoms with E-state index >= 15 is 0 Å². The molecule has 116 valence electrons. The lowest BCUT2D eigenvalue weighted by Crippen LogP contribution is -2.23. The van der Waals surface area contributed by atoms with Gasteiger partial charge in [-0.15, -0.1) is 0 Å². The lowest BCUT2D eigenvalue weighted by atomic mass is 10.1. The molecule has 2 rings (SSSR count). The minimum absolute atomic E-state index is 0.199. The lowest BCUT2D eigenvalue weighted by molar-refractivity contribution is -0.117. The number of amides is 2. The Bertz CT molecular complexity index is 746. The van der Waals surface area contributed by atoms with E-state index in [0.717, 1.165) is 16.5 Å². The van der Waals surface area contributed by atoms with Crippen molar-refractivity contribution in [2.75, 3.05) is 0 Å². The van der Waals surface area contributed by atoms with Gasteiger partial charge in [0.15, 0.2) is 0 Å². The first-order chi connectivity index (χ1) is 10.4. The summed E-state index contributed by atoms with van der Waals surface area (Å²) in [6.07, 6.45) is -1.08. The maximum atomic E-state index is 11.6. The smallest absolute Gasteiger partial charge is 0.404 e. The number of carbonyl (C=O) groups excluding carboxylic acids is 1. The van der Waals surface area contributed by atoms with Crippen molar-refractivity contribution >= 4 is 23.0 Å². The first-order valence-electron chi connectivity index (χ1n) is 6.80.